The van der Waals surface area contributed by atoms with Gasteiger partial charge in [0.2, 0.25) is 0 Å². The molecule has 0 radical (unpaired) electrons. The van der Waals surface area contributed by atoms with Gasteiger partial charge in [-0.15, -0.1) is 0 Å². The summed E-state index contributed by atoms with van der Waals surface area (Å²) in [5.41, 5.74) is 4.16. The average molecular weight is 187 g/mol. The molecular formula is C13H17N. The van der Waals surface area contributed by atoms with E-state index in [4.69, 9.17) is 0 Å². The number of allylic oxidation sites excluding steroid dienone is 5. The molecular weight excluding hydrogens is 170 g/mol. The molecule has 0 N–H and O–H groups in total. The highest BCUT2D eigenvalue weighted by atomic mass is 14.7. The zero-order valence-electron chi connectivity index (χ0n) is 8.79. The second kappa shape index (κ2) is 4.41. The minimum atomic E-state index is 1.13. The molecule has 1 nitrogen and oxygen atoms in total. The van der Waals surface area contributed by atoms with Gasteiger partial charge < -0.3 is 0 Å². The maximum absolute atomic E-state index is 4.53. The second-order valence-corrected chi connectivity index (χ2v) is 4.06. The minimum absolute atomic E-state index is 1.13. The molecule has 0 aromatic rings. The number of rotatable bonds is 1. The van der Waals surface area contributed by atoms with Crippen LogP contribution in [0.1, 0.15) is 39.0 Å². The van der Waals surface area contributed by atoms with E-state index < -0.39 is 0 Å². The van der Waals surface area contributed by atoms with Crippen LogP contribution < -0.4 is 0 Å². The lowest BCUT2D eigenvalue weighted by atomic mass is 9.97. The number of aliphatic imine (C=N–C) groups is 1. The van der Waals surface area contributed by atoms with Crippen molar-refractivity contribution in [3.8, 4) is 0 Å². The van der Waals surface area contributed by atoms with E-state index in [9.17, 15) is 0 Å². The molecule has 1 aliphatic heterocycles. The van der Waals surface area contributed by atoms with Crippen molar-refractivity contribution in [2.24, 2.45) is 4.99 Å². The molecule has 0 saturated carbocycles. The summed E-state index contributed by atoms with van der Waals surface area (Å²) in [7, 11) is 0. The first-order valence-corrected chi connectivity index (χ1v) is 5.44. The van der Waals surface area contributed by atoms with Crippen LogP contribution in [0.5, 0.6) is 0 Å². The first kappa shape index (κ1) is 9.45. The van der Waals surface area contributed by atoms with Crippen LogP contribution in [0.4, 0.5) is 0 Å². The van der Waals surface area contributed by atoms with Crippen molar-refractivity contribution in [2.45, 2.75) is 39.0 Å². The Kier molecular flexibility index (Phi) is 2.97. The molecule has 0 fully saturated rings. The Labute approximate surface area is 85.9 Å². The van der Waals surface area contributed by atoms with Gasteiger partial charge >= 0.3 is 0 Å². The fourth-order valence-electron chi connectivity index (χ4n) is 1.89. The van der Waals surface area contributed by atoms with E-state index in [0.717, 1.165) is 6.42 Å². The van der Waals surface area contributed by atoms with Crippen molar-refractivity contribution in [2.75, 3.05) is 0 Å². The van der Waals surface area contributed by atoms with E-state index in [1.165, 1.54) is 42.5 Å². The molecule has 0 amide bonds. The van der Waals surface area contributed by atoms with Crippen LogP contribution in [0.2, 0.25) is 0 Å². The first-order chi connectivity index (χ1) is 6.86. The van der Waals surface area contributed by atoms with Crippen LogP contribution in [0.3, 0.4) is 0 Å². The smallest absolute Gasteiger partial charge is 0.0438 e. The zero-order valence-corrected chi connectivity index (χ0v) is 8.79. The summed E-state index contributed by atoms with van der Waals surface area (Å²) in [4.78, 5) is 4.53. The van der Waals surface area contributed by atoms with Crippen LogP contribution in [0.15, 0.2) is 40.6 Å². The van der Waals surface area contributed by atoms with Crippen molar-refractivity contribution < 1.29 is 0 Å². The fourth-order valence-corrected chi connectivity index (χ4v) is 1.89. The van der Waals surface area contributed by atoms with Crippen molar-refractivity contribution in [3.63, 3.8) is 0 Å². The molecule has 2 rings (SSSR count). The minimum Gasteiger partial charge on any atom is -0.261 e. The lowest BCUT2D eigenvalue weighted by Crippen LogP contribution is -2.06. The fraction of sp³-hybridized carbons (Fsp3) is 0.462. The lowest BCUT2D eigenvalue weighted by molar-refractivity contribution is 0.851. The molecule has 0 bridgehead atoms. The largest absolute Gasteiger partial charge is 0.261 e. The van der Waals surface area contributed by atoms with Gasteiger partial charge in [-0.05, 0) is 44.6 Å². The van der Waals surface area contributed by atoms with E-state index >= 15 is 0 Å². The molecule has 0 saturated heterocycles. The normalized spacial score (nSPS) is 22.2. The van der Waals surface area contributed by atoms with Crippen LogP contribution in [0, 0.1) is 0 Å². The summed E-state index contributed by atoms with van der Waals surface area (Å²) < 4.78 is 0. The van der Waals surface area contributed by atoms with Crippen LogP contribution in [-0.4, -0.2) is 5.71 Å². The van der Waals surface area contributed by atoms with Gasteiger partial charge in [-0.25, -0.2) is 0 Å². The lowest BCUT2D eigenvalue weighted by Gasteiger charge is -2.13. The standard InChI is InChI=1S/C13H17N/c1-11-8-9-13(14-10-11)12-6-4-2-3-5-7-12/h2,4,6,10H,3,5,7-9H2,1H3. The van der Waals surface area contributed by atoms with E-state index in [-0.39, 0.29) is 0 Å². The Hall–Kier alpha value is -1.11. The van der Waals surface area contributed by atoms with Gasteiger partial charge in [-0.3, -0.25) is 4.99 Å². The van der Waals surface area contributed by atoms with Crippen LogP contribution in [-0.2, 0) is 0 Å². The predicted molar refractivity (Wildman–Crippen MR) is 61.5 cm³/mol. The van der Waals surface area contributed by atoms with Gasteiger partial charge in [0.25, 0.3) is 0 Å². The molecule has 0 spiro atoms. The Bertz CT molecular complexity index is 317. The molecule has 14 heavy (non-hydrogen) atoms. The van der Waals surface area contributed by atoms with Crippen molar-refractivity contribution in [1.82, 2.24) is 0 Å². The van der Waals surface area contributed by atoms with E-state index in [2.05, 4.69) is 30.1 Å². The van der Waals surface area contributed by atoms with E-state index in [1.807, 2.05) is 6.20 Å². The topological polar surface area (TPSA) is 12.4 Å². The monoisotopic (exact) mass is 187 g/mol. The predicted octanol–water partition coefficient (Wildman–Crippen LogP) is 3.79. The third kappa shape index (κ3) is 2.22. The van der Waals surface area contributed by atoms with Gasteiger partial charge in [0.05, 0.1) is 0 Å². The van der Waals surface area contributed by atoms with Gasteiger partial charge in [0.15, 0.2) is 0 Å². The highest BCUT2D eigenvalue weighted by Gasteiger charge is 2.10. The molecule has 0 aromatic carbocycles. The third-order valence-electron chi connectivity index (χ3n) is 2.82. The molecule has 2 aliphatic rings. The molecule has 1 heterocycles. The summed E-state index contributed by atoms with van der Waals surface area (Å²) in [5.74, 6) is 0. The molecule has 0 unspecified atom stereocenters. The molecule has 0 atom stereocenters. The van der Waals surface area contributed by atoms with Crippen LogP contribution >= 0.6 is 0 Å². The Morgan fingerprint density at radius 1 is 1.21 bits per heavy atom. The third-order valence-corrected chi connectivity index (χ3v) is 2.82. The average Bonchev–Trinajstić information content (AvgIpc) is 2.47. The summed E-state index contributed by atoms with van der Waals surface area (Å²) in [5, 5.41) is 0. The maximum Gasteiger partial charge on any atom is 0.0438 e. The molecule has 0 aromatic heterocycles. The number of hydrogen-bond acceptors (Lipinski definition) is 1. The van der Waals surface area contributed by atoms with Crippen molar-refractivity contribution in [3.05, 3.63) is 35.6 Å². The van der Waals surface area contributed by atoms with Crippen molar-refractivity contribution >= 4 is 5.71 Å². The van der Waals surface area contributed by atoms with E-state index in [1.54, 1.807) is 0 Å². The quantitative estimate of drug-likeness (QED) is 0.592. The Morgan fingerprint density at radius 2 is 2.14 bits per heavy atom. The zero-order chi connectivity index (χ0) is 9.80. The maximum atomic E-state index is 4.53. The summed E-state index contributed by atoms with van der Waals surface area (Å²) >= 11 is 0. The highest BCUT2D eigenvalue weighted by Crippen LogP contribution is 2.21. The van der Waals surface area contributed by atoms with Gasteiger partial charge in [0, 0.05) is 11.9 Å². The van der Waals surface area contributed by atoms with Crippen LogP contribution in [0.25, 0.3) is 0 Å². The summed E-state index contributed by atoms with van der Waals surface area (Å²) in [6.45, 7) is 2.15. The highest BCUT2D eigenvalue weighted by molar-refractivity contribution is 6.01. The van der Waals surface area contributed by atoms with E-state index in [0.29, 0.717) is 0 Å². The SMILES string of the molecule is CC1=CN=C(C2=CC=CCCC2)CC1. The summed E-state index contributed by atoms with van der Waals surface area (Å²) in [6, 6.07) is 0. The van der Waals surface area contributed by atoms with Crippen molar-refractivity contribution in [1.29, 1.82) is 0 Å². The molecule has 1 aliphatic carbocycles. The summed E-state index contributed by atoms with van der Waals surface area (Å²) in [6.07, 6.45) is 14.7. The Morgan fingerprint density at radius 3 is 2.93 bits per heavy atom. The number of hydrogen-bond donors (Lipinski definition) is 0. The van der Waals surface area contributed by atoms with Gasteiger partial charge in [-0.2, -0.15) is 0 Å². The van der Waals surface area contributed by atoms with Gasteiger partial charge in [-0.1, -0.05) is 23.8 Å². The number of nitrogens with zero attached hydrogens (tertiary/aromatic N) is 1. The molecule has 74 valence electrons. The Balaban J connectivity index is 2.15. The van der Waals surface area contributed by atoms with Gasteiger partial charge in [0.1, 0.15) is 0 Å². The molecule has 1 heteroatoms. The first-order valence-electron chi connectivity index (χ1n) is 5.44. The second-order valence-electron chi connectivity index (χ2n) is 4.06.